The second-order valence-electron chi connectivity index (χ2n) is 9.44. The highest BCUT2D eigenvalue weighted by Gasteiger charge is 2.34. The minimum Gasteiger partial charge on any atom is -0.329 e. The van der Waals surface area contributed by atoms with Gasteiger partial charge in [-0.2, -0.15) is 9.78 Å². The molecule has 7 heteroatoms. The first-order valence-electron chi connectivity index (χ1n) is 12.0. The van der Waals surface area contributed by atoms with E-state index in [9.17, 15) is 4.79 Å². The van der Waals surface area contributed by atoms with Crippen molar-refractivity contribution in [2.45, 2.75) is 31.7 Å². The molecule has 34 heavy (non-hydrogen) atoms. The Morgan fingerprint density at radius 1 is 1.03 bits per heavy atom. The molecule has 172 valence electrons. The standard InChI is InChI=1S/C27H28N6O/c1-18-25-21(27(34)32-15-14-31(2)17-23(32)20-8-4-3-5-9-20)16-22(19-11-12-19)29-26(25)33(30-18)24-10-6-7-13-28-24/h3-10,13,16,19,23H,11-12,14-15,17H2,1-2H3. The van der Waals surface area contributed by atoms with Crippen LogP contribution in [0.3, 0.4) is 0 Å². The van der Waals surface area contributed by atoms with E-state index in [1.165, 1.54) is 0 Å². The van der Waals surface area contributed by atoms with Crippen molar-refractivity contribution in [2.75, 3.05) is 26.7 Å². The summed E-state index contributed by atoms with van der Waals surface area (Å²) in [7, 11) is 2.12. The molecule has 7 nitrogen and oxygen atoms in total. The maximum atomic E-state index is 14.2. The van der Waals surface area contributed by atoms with Gasteiger partial charge >= 0.3 is 0 Å². The number of carbonyl (C=O) groups is 1. The number of rotatable bonds is 4. The largest absolute Gasteiger partial charge is 0.329 e. The molecule has 1 aliphatic heterocycles. The van der Waals surface area contributed by atoms with Crippen LogP contribution in [0.2, 0.25) is 0 Å². The van der Waals surface area contributed by atoms with Crippen molar-refractivity contribution < 1.29 is 4.79 Å². The molecule has 0 spiro atoms. The second-order valence-corrected chi connectivity index (χ2v) is 9.44. The van der Waals surface area contributed by atoms with Crippen LogP contribution in [0.5, 0.6) is 0 Å². The van der Waals surface area contributed by atoms with Crippen LogP contribution in [-0.2, 0) is 0 Å². The second kappa shape index (κ2) is 8.33. The molecule has 1 saturated heterocycles. The lowest BCUT2D eigenvalue weighted by atomic mass is 10.00. The smallest absolute Gasteiger partial charge is 0.255 e. The van der Waals surface area contributed by atoms with E-state index in [0.29, 0.717) is 29.5 Å². The molecule has 1 saturated carbocycles. The summed E-state index contributed by atoms with van der Waals surface area (Å²) in [5, 5.41) is 5.60. The van der Waals surface area contributed by atoms with Gasteiger partial charge in [0.1, 0.15) is 0 Å². The molecule has 1 amide bonds. The third-order valence-corrected chi connectivity index (χ3v) is 6.95. The molecule has 2 fully saturated rings. The molecule has 1 atom stereocenters. The molecule has 6 rings (SSSR count). The molecule has 2 aliphatic rings. The fourth-order valence-corrected chi connectivity index (χ4v) is 4.98. The summed E-state index contributed by atoms with van der Waals surface area (Å²) >= 11 is 0. The monoisotopic (exact) mass is 452 g/mol. The van der Waals surface area contributed by atoms with Gasteiger partial charge in [0.25, 0.3) is 5.91 Å². The Morgan fingerprint density at radius 2 is 1.82 bits per heavy atom. The minimum atomic E-state index is 0.00572. The van der Waals surface area contributed by atoms with Crippen molar-refractivity contribution in [3.05, 3.63) is 83.3 Å². The fourth-order valence-electron chi connectivity index (χ4n) is 4.98. The third kappa shape index (κ3) is 3.66. The van der Waals surface area contributed by atoms with Crippen LogP contribution in [0.15, 0.2) is 60.8 Å². The van der Waals surface area contributed by atoms with E-state index in [4.69, 9.17) is 10.1 Å². The highest BCUT2D eigenvalue weighted by Crippen LogP contribution is 2.41. The minimum absolute atomic E-state index is 0.00572. The predicted molar refractivity (Wildman–Crippen MR) is 131 cm³/mol. The number of likely N-dealkylation sites (N-methyl/N-ethyl adjacent to an activating group) is 1. The van der Waals surface area contributed by atoms with Crippen LogP contribution < -0.4 is 0 Å². The molecule has 0 N–H and O–H groups in total. The van der Waals surface area contributed by atoms with E-state index in [2.05, 4.69) is 29.1 Å². The van der Waals surface area contributed by atoms with E-state index >= 15 is 0 Å². The summed E-state index contributed by atoms with van der Waals surface area (Å²) < 4.78 is 1.78. The predicted octanol–water partition coefficient (Wildman–Crippen LogP) is 4.13. The molecule has 1 aromatic carbocycles. The highest BCUT2D eigenvalue weighted by molar-refractivity contribution is 6.07. The van der Waals surface area contributed by atoms with Crippen molar-refractivity contribution >= 4 is 16.9 Å². The van der Waals surface area contributed by atoms with Gasteiger partial charge in [-0.05, 0) is 50.6 Å². The summed E-state index contributed by atoms with van der Waals surface area (Å²) in [6.07, 6.45) is 3.98. The topological polar surface area (TPSA) is 67.2 Å². The number of piperazine rings is 1. The van der Waals surface area contributed by atoms with Gasteiger partial charge in [-0.15, -0.1) is 0 Å². The molecular weight excluding hydrogens is 424 g/mol. The van der Waals surface area contributed by atoms with E-state index < -0.39 is 0 Å². The first-order valence-corrected chi connectivity index (χ1v) is 12.0. The lowest BCUT2D eigenvalue weighted by Crippen LogP contribution is -2.49. The molecule has 4 heterocycles. The Bertz CT molecular complexity index is 1350. The van der Waals surface area contributed by atoms with Gasteiger partial charge in [-0.25, -0.2) is 9.97 Å². The van der Waals surface area contributed by atoms with E-state index in [0.717, 1.165) is 48.3 Å². The average molecular weight is 453 g/mol. The number of aromatic nitrogens is 4. The van der Waals surface area contributed by atoms with Crippen molar-refractivity contribution in [1.82, 2.24) is 29.5 Å². The number of hydrogen-bond acceptors (Lipinski definition) is 5. The van der Waals surface area contributed by atoms with Gasteiger partial charge in [0, 0.05) is 37.4 Å². The lowest BCUT2D eigenvalue weighted by Gasteiger charge is -2.40. The Hall–Kier alpha value is -3.58. The van der Waals surface area contributed by atoms with Crippen LogP contribution in [0, 0.1) is 6.92 Å². The van der Waals surface area contributed by atoms with E-state index in [1.54, 1.807) is 10.9 Å². The summed E-state index contributed by atoms with van der Waals surface area (Å²) in [5.74, 6) is 1.18. The molecule has 3 aromatic heterocycles. The maximum absolute atomic E-state index is 14.2. The lowest BCUT2D eigenvalue weighted by molar-refractivity contribution is 0.0499. The van der Waals surface area contributed by atoms with Crippen LogP contribution in [0.1, 0.15) is 52.1 Å². The molecule has 0 bridgehead atoms. The van der Waals surface area contributed by atoms with Crippen LogP contribution in [0.4, 0.5) is 0 Å². The number of pyridine rings is 2. The number of fused-ring (bicyclic) bond motifs is 1. The van der Waals surface area contributed by atoms with E-state index in [1.807, 2.05) is 54.3 Å². The van der Waals surface area contributed by atoms with Crippen molar-refractivity contribution in [2.24, 2.45) is 0 Å². The van der Waals surface area contributed by atoms with Gasteiger partial charge in [0.2, 0.25) is 0 Å². The van der Waals surface area contributed by atoms with Gasteiger partial charge in [-0.3, -0.25) is 4.79 Å². The maximum Gasteiger partial charge on any atom is 0.255 e. The molecule has 4 aromatic rings. The normalized spacial score (nSPS) is 19.0. The van der Waals surface area contributed by atoms with Crippen LogP contribution >= 0.6 is 0 Å². The van der Waals surface area contributed by atoms with Crippen molar-refractivity contribution in [3.63, 3.8) is 0 Å². The van der Waals surface area contributed by atoms with Crippen LogP contribution in [0.25, 0.3) is 16.9 Å². The highest BCUT2D eigenvalue weighted by atomic mass is 16.2. The molecule has 0 radical (unpaired) electrons. The van der Waals surface area contributed by atoms with Crippen LogP contribution in [-0.4, -0.2) is 62.1 Å². The Balaban J connectivity index is 1.49. The summed E-state index contributed by atoms with van der Waals surface area (Å²) in [5.41, 5.74) is 4.37. The molecular formula is C27H28N6O. The molecule has 1 unspecified atom stereocenters. The summed E-state index contributed by atoms with van der Waals surface area (Å²) in [6.45, 7) is 4.30. The zero-order chi connectivity index (χ0) is 23.2. The SMILES string of the molecule is Cc1nn(-c2ccccn2)c2nc(C3CC3)cc(C(=O)N3CCN(C)CC3c3ccccc3)c12. The summed E-state index contributed by atoms with van der Waals surface area (Å²) in [4.78, 5) is 28.0. The van der Waals surface area contributed by atoms with Gasteiger partial charge < -0.3 is 9.80 Å². The van der Waals surface area contributed by atoms with Gasteiger partial charge in [0.05, 0.1) is 22.7 Å². The first kappa shape index (κ1) is 21.0. The quantitative estimate of drug-likeness (QED) is 0.466. The number of amides is 1. The number of benzene rings is 1. The Kier molecular flexibility index (Phi) is 5.14. The third-order valence-electron chi connectivity index (χ3n) is 6.95. The van der Waals surface area contributed by atoms with E-state index in [-0.39, 0.29) is 11.9 Å². The number of nitrogens with zero attached hydrogens (tertiary/aromatic N) is 6. The average Bonchev–Trinajstić information content (AvgIpc) is 3.68. The number of aryl methyl sites for hydroxylation is 1. The molecule has 1 aliphatic carbocycles. The zero-order valence-electron chi connectivity index (χ0n) is 19.6. The van der Waals surface area contributed by atoms with Crippen molar-refractivity contribution in [3.8, 4) is 5.82 Å². The Labute approximate surface area is 199 Å². The number of hydrogen-bond donors (Lipinski definition) is 0. The summed E-state index contributed by atoms with van der Waals surface area (Å²) in [6, 6.07) is 18.1. The van der Waals surface area contributed by atoms with Gasteiger partial charge in [0.15, 0.2) is 11.5 Å². The van der Waals surface area contributed by atoms with Gasteiger partial charge in [-0.1, -0.05) is 36.4 Å². The first-order chi connectivity index (χ1) is 16.6. The van der Waals surface area contributed by atoms with Crippen molar-refractivity contribution in [1.29, 1.82) is 0 Å². The Morgan fingerprint density at radius 3 is 2.56 bits per heavy atom. The number of carbonyl (C=O) groups excluding carboxylic acids is 1. The zero-order valence-corrected chi connectivity index (χ0v) is 19.6. The fraction of sp³-hybridized carbons (Fsp3) is 0.333.